The zero-order valence-corrected chi connectivity index (χ0v) is 14.8. The Morgan fingerprint density at radius 1 is 0.960 bits per heavy atom. The van der Waals surface area contributed by atoms with Crippen LogP contribution in [-0.2, 0) is 0 Å². The molecular weight excluding hydrogens is 310 g/mol. The zero-order valence-electron chi connectivity index (χ0n) is 14.8. The summed E-state index contributed by atoms with van der Waals surface area (Å²) in [5, 5.41) is 0. The highest BCUT2D eigenvalue weighted by Gasteiger charge is 2.53. The van der Waals surface area contributed by atoms with Crippen molar-refractivity contribution in [3.05, 3.63) is 35.4 Å². The van der Waals surface area contributed by atoms with Crippen LogP contribution in [0.25, 0.3) is 0 Å². The van der Waals surface area contributed by atoms with Crippen LogP contribution in [0, 0.1) is 29.1 Å². The second-order valence-electron chi connectivity index (χ2n) is 9.01. The van der Waals surface area contributed by atoms with Crippen molar-refractivity contribution in [3.8, 4) is 0 Å². The summed E-state index contributed by atoms with van der Waals surface area (Å²) >= 11 is 0. The number of fused-ring (bicyclic) bond motifs is 1. The highest BCUT2D eigenvalue weighted by molar-refractivity contribution is 6.33. The summed E-state index contributed by atoms with van der Waals surface area (Å²) in [6.45, 7) is 2.21. The van der Waals surface area contributed by atoms with Gasteiger partial charge in [-0.05, 0) is 68.6 Å². The zero-order chi connectivity index (χ0) is 17.2. The lowest BCUT2D eigenvalue weighted by molar-refractivity contribution is -0.0632. The SMILES string of the molecule is C[C@@H](N=CC1C(=O)c2ccccc2C1=O)C12CC3CC(CC(C3)C1)C2. The summed E-state index contributed by atoms with van der Waals surface area (Å²) in [4.78, 5) is 29.9. The van der Waals surface area contributed by atoms with E-state index in [1.165, 1.54) is 38.5 Å². The first-order chi connectivity index (χ1) is 12.1. The molecule has 4 bridgehead atoms. The molecule has 0 spiro atoms. The number of hydrogen-bond donors (Lipinski definition) is 0. The van der Waals surface area contributed by atoms with Gasteiger partial charge in [0.15, 0.2) is 11.6 Å². The monoisotopic (exact) mass is 335 g/mol. The molecule has 0 unspecified atom stereocenters. The summed E-state index contributed by atoms with van der Waals surface area (Å²) in [5.41, 5.74) is 1.45. The van der Waals surface area contributed by atoms with Gasteiger partial charge in [-0.15, -0.1) is 0 Å². The average Bonchev–Trinajstić information content (AvgIpc) is 2.83. The van der Waals surface area contributed by atoms with E-state index in [0.717, 1.165) is 17.8 Å². The molecule has 4 saturated carbocycles. The van der Waals surface area contributed by atoms with Crippen LogP contribution in [0.4, 0.5) is 0 Å². The maximum absolute atomic E-state index is 12.6. The Bertz CT molecular complexity index is 708. The summed E-state index contributed by atoms with van der Waals surface area (Å²) in [5.74, 6) is 1.81. The first-order valence-corrected chi connectivity index (χ1v) is 9.76. The van der Waals surface area contributed by atoms with E-state index in [-0.39, 0.29) is 17.6 Å². The topological polar surface area (TPSA) is 46.5 Å². The van der Waals surface area contributed by atoms with Gasteiger partial charge >= 0.3 is 0 Å². The number of benzene rings is 1. The molecule has 3 heteroatoms. The molecule has 130 valence electrons. The van der Waals surface area contributed by atoms with E-state index in [1.54, 1.807) is 18.3 Å². The minimum absolute atomic E-state index is 0.0814. The fourth-order valence-electron chi connectivity index (χ4n) is 6.56. The van der Waals surface area contributed by atoms with Gasteiger partial charge in [0.1, 0.15) is 5.92 Å². The third-order valence-electron chi connectivity index (χ3n) is 7.45. The van der Waals surface area contributed by atoms with Crippen molar-refractivity contribution in [3.63, 3.8) is 0 Å². The van der Waals surface area contributed by atoms with Crippen LogP contribution >= 0.6 is 0 Å². The number of rotatable bonds is 3. The van der Waals surface area contributed by atoms with Gasteiger partial charge in [0, 0.05) is 17.3 Å². The molecule has 0 radical (unpaired) electrons. The van der Waals surface area contributed by atoms with Gasteiger partial charge in [-0.1, -0.05) is 24.3 Å². The fourth-order valence-corrected chi connectivity index (χ4v) is 6.56. The number of carbonyl (C=O) groups excluding carboxylic acids is 2. The lowest BCUT2D eigenvalue weighted by atomic mass is 9.48. The Hall–Kier alpha value is -1.77. The van der Waals surface area contributed by atoms with Crippen molar-refractivity contribution < 1.29 is 9.59 Å². The Morgan fingerprint density at radius 3 is 1.92 bits per heavy atom. The molecule has 0 amide bonds. The molecule has 1 atom stereocenters. The molecule has 5 aliphatic carbocycles. The Balaban J connectivity index is 1.37. The molecule has 0 aromatic heterocycles. The van der Waals surface area contributed by atoms with Gasteiger partial charge in [0.25, 0.3) is 0 Å². The van der Waals surface area contributed by atoms with E-state index >= 15 is 0 Å². The molecule has 0 heterocycles. The lowest BCUT2D eigenvalue weighted by Crippen LogP contribution is -2.50. The summed E-state index contributed by atoms with van der Waals surface area (Å²) < 4.78 is 0. The highest BCUT2D eigenvalue weighted by Crippen LogP contribution is 2.61. The normalized spacial score (nSPS) is 37.9. The third kappa shape index (κ3) is 2.28. The van der Waals surface area contributed by atoms with Crippen LogP contribution in [0.3, 0.4) is 0 Å². The molecule has 1 aromatic rings. The largest absolute Gasteiger partial charge is 0.293 e. The Kier molecular flexibility index (Phi) is 3.32. The summed E-state index contributed by atoms with van der Waals surface area (Å²) in [6.07, 6.45) is 9.83. The molecule has 1 aromatic carbocycles. The molecule has 5 aliphatic rings. The minimum Gasteiger partial charge on any atom is -0.293 e. The number of hydrogen-bond acceptors (Lipinski definition) is 3. The first-order valence-electron chi connectivity index (χ1n) is 9.76. The van der Waals surface area contributed by atoms with Crippen LogP contribution in [0.1, 0.15) is 66.2 Å². The van der Waals surface area contributed by atoms with Gasteiger partial charge in [-0.3, -0.25) is 14.6 Å². The molecule has 0 N–H and O–H groups in total. The molecule has 25 heavy (non-hydrogen) atoms. The predicted molar refractivity (Wildman–Crippen MR) is 97.2 cm³/mol. The van der Waals surface area contributed by atoms with Gasteiger partial charge < -0.3 is 0 Å². The smallest absolute Gasteiger partial charge is 0.179 e. The molecular formula is C22H25NO2. The van der Waals surface area contributed by atoms with Crippen molar-refractivity contribution >= 4 is 17.8 Å². The van der Waals surface area contributed by atoms with E-state index in [1.807, 2.05) is 12.1 Å². The van der Waals surface area contributed by atoms with Gasteiger partial charge in [0.05, 0.1) is 6.04 Å². The van der Waals surface area contributed by atoms with E-state index < -0.39 is 5.92 Å². The first kappa shape index (κ1) is 15.5. The van der Waals surface area contributed by atoms with E-state index in [4.69, 9.17) is 4.99 Å². The highest BCUT2D eigenvalue weighted by atomic mass is 16.2. The van der Waals surface area contributed by atoms with Gasteiger partial charge in [-0.2, -0.15) is 0 Å². The minimum atomic E-state index is -0.700. The lowest BCUT2D eigenvalue weighted by Gasteiger charge is -2.58. The molecule has 0 aliphatic heterocycles. The number of nitrogens with zero attached hydrogens (tertiary/aromatic N) is 1. The van der Waals surface area contributed by atoms with Crippen molar-refractivity contribution in [2.45, 2.75) is 51.5 Å². The maximum Gasteiger partial charge on any atom is 0.179 e. The number of Topliss-reactive ketones (excluding diaryl/α,β-unsaturated/α-hetero) is 2. The molecule has 0 saturated heterocycles. The number of carbonyl (C=O) groups is 2. The number of aliphatic imine (C=N–C) groups is 1. The predicted octanol–water partition coefficient (Wildman–Crippen LogP) is 4.36. The van der Waals surface area contributed by atoms with Crippen LogP contribution in [0.2, 0.25) is 0 Å². The Morgan fingerprint density at radius 2 is 1.44 bits per heavy atom. The quantitative estimate of drug-likeness (QED) is 0.609. The molecule has 6 rings (SSSR count). The Labute approximate surface area is 148 Å². The van der Waals surface area contributed by atoms with Gasteiger partial charge in [-0.25, -0.2) is 0 Å². The molecule has 3 nitrogen and oxygen atoms in total. The van der Waals surface area contributed by atoms with Crippen molar-refractivity contribution in [2.24, 2.45) is 34.1 Å². The standard InChI is InChI=1S/C22H25NO2/c1-13(22-9-14-6-15(10-22)8-16(7-14)11-22)23-12-19-20(24)17-4-2-3-5-18(17)21(19)25/h2-5,12-16,19H,6-11H2,1H3/t13-,14?,15?,16?,22?/m1/s1. The number of ketones is 2. The summed E-state index contributed by atoms with van der Waals surface area (Å²) in [6, 6.07) is 7.37. The van der Waals surface area contributed by atoms with Gasteiger partial charge in [0.2, 0.25) is 0 Å². The van der Waals surface area contributed by atoms with E-state index in [0.29, 0.717) is 16.5 Å². The average molecular weight is 335 g/mol. The van der Waals surface area contributed by atoms with Crippen molar-refractivity contribution in [1.29, 1.82) is 0 Å². The second kappa shape index (κ2) is 5.36. The van der Waals surface area contributed by atoms with Crippen LogP contribution in [0.15, 0.2) is 29.3 Å². The van der Waals surface area contributed by atoms with Crippen molar-refractivity contribution in [2.75, 3.05) is 0 Å². The fraction of sp³-hybridized carbons (Fsp3) is 0.591. The van der Waals surface area contributed by atoms with Crippen LogP contribution in [0.5, 0.6) is 0 Å². The summed E-state index contributed by atoms with van der Waals surface area (Å²) in [7, 11) is 0. The molecule has 4 fully saturated rings. The third-order valence-corrected chi connectivity index (χ3v) is 7.45. The van der Waals surface area contributed by atoms with E-state index in [2.05, 4.69) is 6.92 Å². The van der Waals surface area contributed by atoms with Crippen LogP contribution in [-0.4, -0.2) is 23.8 Å². The van der Waals surface area contributed by atoms with E-state index in [9.17, 15) is 9.59 Å². The van der Waals surface area contributed by atoms with Crippen LogP contribution < -0.4 is 0 Å². The maximum atomic E-state index is 12.6. The second-order valence-corrected chi connectivity index (χ2v) is 9.01. The van der Waals surface area contributed by atoms with Crippen molar-refractivity contribution in [1.82, 2.24) is 0 Å².